The fourth-order valence-corrected chi connectivity index (χ4v) is 9.54. The normalized spacial score (nSPS) is 12.7. The van der Waals surface area contributed by atoms with Crippen molar-refractivity contribution >= 4 is 17.9 Å². The summed E-state index contributed by atoms with van der Waals surface area (Å²) in [6.45, 7) is 6.52. The minimum Gasteiger partial charge on any atom is -0.462 e. The summed E-state index contributed by atoms with van der Waals surface area (Å²) in [4.78, 5) is 38.4. The van der Waals surface area contributed by atoms with Crippen LogP contribution >= 0.6 is 0 Å². The first-order valence-electron chi connectivity index (χ1n) is 33.7. The van der Waals surface area contributed by atoms with E-state index in [1.165, 1.54) is 173 Å². The summed E-state index contributed by atoms with van der Waals surface area (Å²) >= 11 is 0. The zero-order chi connectivity index (χ0) is 57.1. The molecule has 0 heterocycles. The predicted octanol–water partition coefficient (Wildman–Crippen LogP) is 23.2. The fraction of sp³-hybridized carbons (Fsp3) is 0.740. The highest BCUT2D eigenvalue weighted by molar-refractivity contribution is 5.71. The third-order valence-electron chi connectivity index (χ3n) is 14.6. The van der Waals surface area contributed by atoms with Crippen molar-refractivity contribution in [3.05, 3.63) is 97.2 Å². The van der Waals surface area contributed by atoms with E-state index in [4.69, 9.17) is 14.2 Å². The van der Waals surface area contributed by atoms with E-state index < -0.39 is 6.10 Å². The highest BCUT2D eigenvalue weighted by Crippen LogP contribution is 2.17. The summed E-state index contributed by atoms with van der Waals surface area (Å²) in [6.07, 6.45) is 89.9. The van der Waals surface area contributed by atoms with Gasteiger partial charge in [0.2, 0.25) is 0 Å². The Kier molecular flexibility index (Phi) is 63.7. The molecule has 0 aromatic rings. The van der Waals surface area contributed by atoms with Crippen molar-refractivity contribution < 1.29 is 28.6 Å². The molecule has 1 atom stereocenters. The van der Waals surface area contributed by atoms with Crippen molar-refractivity contribution in [2.45, 2.75) is 335 Å². The number of hydrogen-bond donors (Lipinski definition) is 0. The minimum absolute atomic E-state index is 0.0911. The van der Waals surface area contributed by atoms with Gasteiger partial charge in [0.15, 0.2) is 6.10 Å². The second kappa shape index (κ2) is 66.8. The second-order valence-corrected chi connectivity index (χ2v) is 22.4. The molecule has 1 unspecified atom stereocenters. The van der Waals surface area contributed by atoms with Gasteiger partial charge >= 0.3 is 17.9 Å². The van der Waals surface area contributed by atoms with Gasteiger partial charge in [0.25, 0.3) is 0 Å². The Morgan fingerprint density at radius 2 is 0.494 bits per heavy atom. The van der Waals surface area contributed by atoms with Gasteiger partial charge in [-0.3, -0.25) is 14.4 Å². The van der Waals surface area contributed by atoms with Crippen LogP contribution in [-0.2, 0) is 28.6 Å². The summed E-state index contributed by atoms with van der Waals surface area (Å²) in [6, 6.07) is 0. The van der Waals surface area contributed by atoms with E-state index >= 15 is 0 Å². The van der Waals surface area contributed by atoms with Crippen LogP contribution in [0.5, 0.6) is 0 Å². The van der Waals surface area contributed by atoms with Gasteiger partial charge < -0.3 is 14.2 Å². The Hall–Kier alpha value is -3.67. The summed E-state index contributed by atoms with van der Waals surface area (Å²) in [5, 5.41) is 0. The number of allylic oxidation sites excluding steroid dienone is 16. The highest BCUT2D eigenvalue weighted by Gasteiger charge is 2.19. The second-order valence-electron chi connectivity index (χ2n) is 22.4. The summed E-state index contributed by atoms with van der Waals surface area (Å²) in [5.74, 6) is -0.917. The van der Waals surface area contributed by atoms with Gasteiger partial charge in [-0.05, 0) is 103 Å². The van der Waals surface area contributed by atoms with E-state index in [-0.39, 0.29) is 37.5 Å². The van der Waals surface area contributed by atoms with Crippen molar-refractivity contribution in [1.82, 2.24) is 0 Å². The molecular formula is C73H126O6. The molecule has 6 heteroatoms. The quantitative estimate of drug-likeness (QED) is 0.0261. The number of ether oxygens (including phenoxy) is 3. The van der Waals surface area contributed by atoms with Crippen LogP contribution in [0.15, 0.2) is 97.2 Å². The van der Waals surface area contributed by atoms with Crippen molar-refractivity contribution in [2.24, 2.45) is 0 Å². The minimum atomic E-state index is -0.800. The first-order chi connectivity index (χ1) is 39.0. The molecule has 6 nitrogen and oxygen atoms in total. The Bertz CT molecular complexity index is 1540. The SMILES string of the molecule is CC/C=C\C/C=C\C/C=C\C/C=C\C/C=C\CCCCCC(=O)OC(COC(=O)CCCCCCCCCC/C=C\C/C=C\C/C=C\CCCCCCC)COC(=O)CCCCCCCCCCCCCCCCCCCCC. The number of unbranched alkanes of at least 4 members (excludes halogenated alkanes) is 34. The third-order valence-corrected chi connectivity index (χ3v) is 14.6. The molecule has 0 bridgehead atoms. The Balaban J connectivity index is 4.43. The van der Waals surface area contributed by atoms with Crippen LogP contribution in [0.1, 0.15) is 329 Å². The van der Waals surface area contributed by atoms with Crippen LogP contribution < -0.4 is 0 Å². The predicted molar refractivity (Wildman–Crippen MR) is 344 cm³/mol. The van der Waals surface area contributed by atoms with Crippen LogP contribution in [-0.4, -0.2) is 37.2 Å². The lowest BCUT2D eigenvalue weighted by Crippen LogP contribution is -2.30. The van der Waals surface area contributed by atoms with Crippen molar-refractivity contribution in [3.63, 3.8) is 0 Å². The molecule has 0 rings (SSSR count). The van der Waals surface area contributed by atoms with E-state index in [0.29, 0.717) is 12.8 Å². The smallest absolute Gasteiger partial charge is 0.306 e. The van der Waals surface area contributed by atoms with E-state index in [2.05, 4.69) is 118 Å². The third kappa shape index (κ3) is 65.0. The molecule has 0 aliphatic rings. The molecule has 79 heavy (non-hydrogen) atoms. The lowest BCUT2D eigenvalue weighted by Gasteiger charge is -2.18. The topological polar surface area (TPSA) is 78.9 Å². The standard InChI is InChI=1S/C73H126O6/c1-4-7-10-13-16-19-22-25-28-31-34-35-36-37-40-42-45-48-51-54-57-60-63-66-72(75)78-69-70(79-73(76)67-64-61-58-55-52-49-46-43-39-33-30-27-24-21-18-15-12-9-6-3)68-77-71(74)65-62-59-56-53-50-47-44-41-38-32-29-26-23-20-17-14-11-8-5-2/h9,12,18,21-22,25,27,30-31,34,36-37,39,43,49,52,70H,4-8,10-11,13-17,19-20,23-24,26,28-29,32-33,35,38,40-42,44-48,50-51,53-69H2,1-3H3/b12-9-,21-18-,25-22-,30-27-,34-31-,37-36-,43-39-,52-49-. The molecule has 0 amide bonds. The Morgan fingerprint density at radius 1 is 0.266 bits per heavy atom. The molecule has 0 spiro atoms. The number of carbonyl (C=O) groups excluding carboxylic acids is 3. The van der Waals surface area contributed by atoms with Gasteiger partial charge in [0.1, 0.15) is 13.2 Å². The monoisotopic (exact) mass is 1100 g/mol. The molecule has 0 aliphatic heterocycles. The molecule has 0 radical (unpaired) electrons. The van der Waals surface area contributed by atoms with Crippen LogP contribution in [0.2, 0.25) is 0 Å². The maximum absolute atomic E-state index is 12.9. The largest absolute Gasteiger partial charge is 0.462 e. The van der Waals surface area contributed by atoms with Gasteiger partial charge in [-0.2, -0.15) is 0 Å². The number of esters is 3. The molecule has 0 aromatic heterocycles. The fourth-order valence-electron chi connectivity index (χ4n) is 9.54. The maximum atomic E-state index is 12.9. The van der Waals surface area contributed by atoms with Crippen molar-refractivity contribution in [1.29, 1.82) is 0 Å². The van der Waals surface area contributed by atoms with E-state index in [1.807, 2.05) is 0 Å². The molecule has 0 aliphatic carbocycles. The van der Waals surface area contributed by atoms with Gasteiger partial charge in [-0.15, -0.1) is 0 Å². The first kappa shape index (κ1) is 75.3. The van der Waals surface area contributed by atoms with Crippen molar-refractivity contribution in [3.8, 4) is 0 Å². The maximum Gasteiger partial charge on any atom is 0.306 e. The highest BCUT2D eigenvalue weighted by atomic mass is 16.6. The first-order valence-corrected chi connectivity index (χ1v) is 33.7. The van der Waals surface area contributed by atoms with Crippen LogP contribution in [0.3, 0.4) is 0 Å². The van der Waals surface area contributed by atoms with Crippen LogP contribution in [0.4, 0.5) is 0 Å². The van der Waals surface area contributed by atoms with E-state index in [9.17, 15) is 14.4 Å². The molecular weight excluding hydrogens is 973 g/mol. The van der Waals surface area contributed by atoms with E-state index in [1.54, 1.807) is 0 Å². The van der Waals surface area contributed by atoms with Gasteiger partial charge in [-0.25, -0.2) is 0 Å². The number of hydrogen-bond acceptors (Lipinski definition) is 6. The zero-order valence-corrected chi connectivity index (χ0v) is 52.1. The Labute approximate surface area is 489 Å². The summed E-state index contributed by atoms with van der Waals surface area (Å²) < 4.78 is 16.9. The molecule has 0 aromatic carbocycles. The average Bonchev–Trinajstić information content (AvgIpc) is 3.45. The lowest BCUT2D eigenvalue weighted by atomic mass is 10.0. The van der Waals surface area contributed by atoms with E-state index in [0.717, 1.165) is 116 Å². The Morgan fingerprint density at radius 3 is 0.785 bits per heavy atom. The number of rotatable bonds is 61. The zero-order valence-electron chi connectivity index (χ0n) is 52.1. The van der Waals surface area contributed by atoms with Crippen molar-refractivity contribution in [2.75, 3.05) is 13.2 Å². The van der Waals surface area contributed by atoms with Crippen LogP contribution in [0.25, 0.3) is 0 Å². The molecule has 0 saturated heterocycles. The van der Waals surface area contributed by atoms with Gasteiger partial charge in [-0.1, -0.05) is 304 Å². The van der Waals surface area contributed by atoms with Gasteiger partial charge in [0.05, 0.1) is 0 Å². The molecule has 0 fully saturated rings. The summed E-state index contributed by atoms with van der Waals surface area (Å²) in [5.41, 5.74) is 0. The molecule has 454 valence electrons. The van der Waals surface area contributed by atoms with Gasteiger partial charge in [0, 0.05) is 19.3 Å². The summed E-state index contributed by atoms with van der Waals surface area (Å²) in [7, 11) is 0. The van der Waals surface area contributed by atoms with Crippen LogP contribution in [0, 0.1) is 0 Å². The molecule has 0 N–H and O–H groups in total. The lowest BCUT2D eigenvalue weighted by molar-refractivity contribution is -0.167. The molecule has 0 saturated carbocycles. The number of carbonyl (C=O) groups is 3. The average molecular weight is 1100 g/mol.